The van der Waals surface area contributed by atoms with Crippen LogP contribution in [0.2, 0.25) is 0 Å². The number of nitrogens with zero attached hydrogens (tertiary/aromatic N) is 1. The van der Waals surface area contributed by atoms with Crippen LogP contribution in [0.1, 0.15) is 0 Å². The van der Waals surface area contributed by atoms with E-state index in [1.807, 2.05) is 0 Å². The first-order valence-corrected chi connectivity index (χ1v) is 5.70. The third kappa shape index (κ3) is 1.55. The summed E-state index contributed by atoms with van der Waals surface area (Å²) in [6.45, 7) is -0.423. The Morgan fingerprint density at radius 3 is 2.53 bits per heavy atom. The van der Waals surface area contributed by atoms with Crippen LogP contribution >= 0.6 is 11.8 Å². The van der Waals surface area contributed by atoms with E-state index in [0.29, 0.717) is 0 Å². The molecule has 2 saturated heterocycles. The van der Waals surface area contributed by atoms with Crippen molar-refractivity contribution in [2.24, 2.45) is 0 Å². The molecule has 2 rings (SSSR count). The SMILES string of the molecule is O=C1CS[C@@H]2[C@@H](O)[C@@H](O)[C@H](O)[C@@H](CO)N12. The van der Waals surface area contributed by atoms with E-state index >= 15 is 0 Å². The van der Waals surface area contributed by atoms with Crippen LogP contribution in [0.15, 0.2) is 0 Å². The van der Waals surface area contributed by atoms with E-state index in [2.05, 4.69) is 0 Å². The molecule has 0 aromatic heterocycles. The van der Waals surface area contributed by atoms with E-state index in [9.17, 15) is 20.1 Å². The normalized spacial score (nSPS) is 45.7. The van der Waals surface area contributed by atoms with Crippen molar-refractivity contribution in [3.8, 4) is 0 Å². The zero-order valence-corrected chi connectivity index (χ0v) is 8.67. The summed E-state index contributed by atoms with van der Waals surface area (Å²) in [6, 6.07) is -0.823. The maximum atomic E-state index is 11.5. The van der Waals surface area contributed by atoms with E-state index in [0.717, 1.165) is 0 Å². The van der Waals surface area contributed by atoms with Gasteiger partial charge in [0, 0.05) is 0 Å². The minimum absolute atomic E-state index is 0.206. The van der Waals surface area contributed by atoms with Crippen LogP contribution in [0, 0.1) is 0 Å². The molecule has 86 valence electrons. The van der Waals surface area contributed by atoms with Crippen molar-refractivity contribution in [1.82, 2.24) is 4.90 Å². The van der Waals surface area contributed by atoms with Gasteiger partial charge in [0.2, 0.25) is 5.91 Å². The smallest absolute Gasteiger partial charge is 0.234 e. The second kappa shape index (κ2) is 3.91. The van der Waals surface area contributed by atoms with Gasteiger partial charge in [-0.05, 0) is 0 Å². The summed E-state index contributed by atoms with van der Waals surface area (Å²) in [4.78, 5) is 12.7. The maximum Gasteiger partial charge on any atom is 0.234 e. The Bertz CT molecular complexity index is 276. The molecule has 0 aromatic carbocycles. The summed E-state index contributed by atoms with van der Waals surface area (Å²) < 4.78 is 0. The molecule has 0 spiro atoms. The predicted octanol–water partition coefficient (Wildman–Crippen LogP) is -2.65. The van der Waals surface area contributed by atoms with Crippen LogP contribution in [0.25, 0.3) is 0 Å². The molecule has 6 nitrogen and oxygen atoms in total. The lowest BCUT2D eigenvalue weighted by atomic mass is 9.94. The molecule has 0 unspecified atom stereocenters. The minimum atomic E-state index is -1.32. The number of amides is 1. The van der Waals surface area contributed by atoms with Gasteiger partial charge in [-0.1, -0.05) is 0 Å². The highest BCUT2D eigenvalue weighted by Gasteiger charge is 2.52. The van der Waals surface area contributed by atoms with Crippen LogP contribution in [-0.2, 0) is 4.79 Å². The van der Waals surface area contributed by atoms with Gasteiger partial charge >= 0.3 is 0 Å². The molecular formula is C8H13NO5S. The quantitative estimate of drug-likeness (QED) is 0.396. The standard InChI is InChI=1S/C8H13NO5S/c10-1-3-5(12)6(13)7(14)8-9(3)4(11)2-15-8/h3,5-8,10,12-14H,1-2H2/t3-,5-,6+,7+,8-/m1/s1. The lowest BCUT2D eigenvalue weighted by molar-refractivity contribution is -0.166. The number of piperidine rings is 1. The fraction of sp³-hybridized carbons (Fsp3) is 0.875. The maximum absolute atomic E-state index is 11.5. The van der Waals surface area contributed by atoms with Crippen molar-refractivity contribution in [3.05, 3.63) is 0 Å². The molecule has 2 aliphatic heterocycles. The van der Waals surface area contributed by atoms with Crippen molar-refractivity contribution < 1.29 is 25.2 Å². The van der Waals surface area contributed by atoms with Gasteiger partial charge in [-0.3, -0.25) is 4.79 Å². The van der Waals surface area contributed by atoms with Crippen molar-refractivity contribution in [1.29, 1.82) is 0 Å². The molecule has 5 atom stereocenters. The first kappa shape index (κ1) is 11.2. The Kier molecular flexibility index (Phi) is 2.91. The molecule has 0 aromatic rings. The molecule has 15 heavy (non-hydrogen) atoms. The topological polar surface area (TPSA) is 101 Å². The Labute approximate surface area is 90.5 Å². The summed E-state index contributed by atoms with van der Waals surface area (Å²) in [6.07, 6.45) is -3.79. The molecule has 2 fully saturated rings. The first-order valence-electron chi connectivity index (χ1n) is 4.65. The van der Waals surface area contributed by atoms with Crippen LogP contribution in [0.3, 0.4) is 0 Å². The fourth-order valence-electron chi connectivity index (χ4n) is 2.05. The monoisotopic (exact) mass is 235 g/mol. The van der Waals surface area contributed by atoms with Gasteiger partial charge in [0.25, 0.3) is 0 Å². The van der Waals surface area contributed by atoms with Crippen LogP contribution in [0.4, 0.5) is 0 Å². The Morgan fingerprint density at radius 2 is 1.93 bits per heavy atom. The fourth-order valence-corrected chi connectivity index (χ4v) is 3.30. The average Bonchev–Trinajstić information content (AvgIpc) is 2.59. The van der Waals surface area contributed by atoms with Crippen molar-refractivity contribution in [2.75, 3.05) is 12.4 Å². The van der Waals surface area contributed by atoms with Crippen molar-refractivity contribution in [2.45, 2.75) is 29.7 Å². The summed E-state index contributed by atoms with van der Waals surface area (Å²) in [5.41, 5.74) is 0. The zero-order chi connectivity index (χ0) is 11.2. The predicted molar refractivity (Wildman–Crippen MR) is 52.0 cm³/mol. The molecule has 4 N–H and O–H groups in total. The van der Waals surface area contributed by atoms with Gasteiger partial charge in [-0.2, -0.15) is 0 Å². The third-order valence-corrected chi connectivity index (χ3v) is 4.13. The molecule has 2 heterocycles. The van der Waals surface area contributed by atoms with Gasteiger partial charge < -0.3 is 25.3 Å². The molecule has 0 radical (unpaired) electrons. The molecule has 2 aliphatic rings. The molecule has 0 saturated carbocycles. The largest absolute Gasteiger partial charge is 0.394 e. The second-order valence-electron chi connectivity index (χ2n) is 3.72. The second-order valence-corrected chi connectivity index (χ2v) is 4.83. The summed E-state index contributed by atoms with van der Waals surface area (Å²) in [5.74, 6) is -0.0217. The van der Waals surface area contributed by atoms with E-state index in [4.69, 9.17) is 5.11 Å². The Morgan fingerprint density at radius 1 is 1.27 bits per heavy atom. The number of carbonyl (C=O) groups excluding carboxylic acids is 1. The number of hydrogen-bond donors (Lipinski definition) is 4. The molecule has 1 amide bonds. The summed E-state index contributed by atoms with van der Waals surface area (Å²) in [5, 5.41) is 37.3. The van der Waals surface area contributed by atoms with Gasteiger partial charge in [0.1, 0.15) is 23.7 Å². The molecular weight excluding hydrogens is 222 g/mol. The number of hydrogen-bond acceptors (Lipinski definition) is 6. The highest BCUT2D eigenvalue weighted by molar-refractivity contribution is 8.01. The Hall–Kier alpha value is -0.340. The lowest BCUT2D eigenvalue weighted by Gasteiger charge is -2.44. The molecule has 7 heteroatoms. The van der Waals surface area contributed by atoms with Crippen LogP contribution in [-0.4, -0.2) is 73.3 Å². The van der Waals surface area contributed by atoms with E-state index < -0.39 is 36.3 Å². The average molecular weight is 235 g/mol. The molecule has 0 aliphatic carbocycles. The number of rotatable bonds is 1. The summed E-state index contributed by atoms with van der Waals surface area (Å²) >= 11 is 1.21. The molecule has 0 bridgehead atoms. The number of aliphatic hydroxyl groups excluding tert-OH is 4. The van der Waals surface area contributed by atoms with Crippen molar-refractivity contribution >= 4 is 17.7 Å². The van der Waals surface area contributed by atoms with Crippen LogP contribution < -0.4 is 0 Å². The third-order valence-electron chi connectivity index (χ3n) is 2.87. The first-order chi connectivity index (χ1) is 7.07. The van der Waals surface area contributed by atoms with Gasteiger partial charge in [-0.25, -0.2) is 0 Å². The van der Waals surface area contributed by atoms with Crippen LogP contribution in [0.5, 0.6) is 0 Å². The Balaban J connectivity index is 2.28. The van der Waals surface area contributed by atoms with Gasteiger partial charge in [0.05, 0.1) is 18.4 Å². The number of aliphatic hydroxyl groups is 4. The van der Waals surface area contributed by atoms with Gasteiger partial charge in [-0.15, -0.1) is 11.8 Å². The minimum Gasteiger partial charge on any atom is -0.394 e. The van der Waals surface area contributed by atoms with E-state index in [-0.39, 0.29) is 11.7 Å². The highest BCUT2D eigenvalue weighted by atomic mass is 32.2. The number of fused-ring (bicyclic) bond motifs is 1. The number of carbonyl (C=O) groups is 1. The highest BCUT2D eigenvalue weighted by Crippen LogP contribution is 2.36. The lowest BCUT2D eigenvalue weighted by Crippen LogP contribution is -2.65. The van der Waals surface area contributed by atoms with Crippen molar-refractivity contribution in [3.63, 3.8) is 0 Å². The summed E-state index contributed by atoms with van der Waals surface area (Å²) in [7, 11) is 0. The van der Waals surface area contributed by atoms with Gasteiger partial charge in [0.15, 0.2) is 0 Å². The van der Waals surface area contributed by atoms with E-state index in [1.54, 1.807) is 0 Å². The zero-order valence-electron chi connectivity index (χ0n) is 7.85. The number of thioether (sulfide) groups is 1. The van der Waals surface area contributed by atoms with E-state index in [1.165, 1.54) is 16.7 Å².